The SMILES string of the molecule is C/C(=N/Nc1ccccc1)c1cc2cc(Br)ccc2oc1=O. The Kier molecular flexibility index (Phi) is 4.06. The van der Waals surface area contributed by atoms with Crippen molar-refractivity contribution in [3.63, 3.8) is 0 Å². The molecule has 1 heterocycles. The van der Waals surface area contributed by atoms with Crippen molar-refractivity contribution in [1.82, 2.24) is 0 Å². The standard InChI is InChI=1S/C17H13BrN2O2/c1-11(19-20-14-5-3-2-4-6-14)15-10-12-9-13(18)7-8-16(12)22-17(15)21/h2-10,20H,1H3/b19-11-. The Morgan fingerprint density at radius 3 is 2.68 bits per heavy atom. The summed E-state index contributed by atoms with van der Waals surface area (Å²) in [4.78, 5) is 12.1. The molecule has 22 heavy (non-hydrogen) atoms. The summed E-state index contributed by atoms with van der Waals surface area (Å²) < 4.78 is 6.26. The number of fused-ring (bicyclic) bond motifs is 1. The topological polar surface area (TPSA) is 54.6 Å². The molecule has 0 fully saturated rings. The van der Waals surface area contributed by atoms with E-state index in [1.165, 1.54) is 0 Å². The van der Waals surface area contributed by atoms with Gasteiger partial charge in [0.15, 0.2) is 0 Å². The second-order valence-corrected chi connectivity index (χ2v) is 5.72. The van der Waals surface area contributed by atoms with Crippen molar-refractivity contribution >= 4 is 38.3 Å². The monoisotopic (exact) mass is 356 g/mol. The lowest BCUT2D eigenvalue weighted by Crippen LogP contribution is -2.13. The predicted octanol–water partition coefficient (Wildman–Crippen LogP) is 4.39. The van der Waals surface area contributed by atoms with Crippen LogP contribution in [0.3, 0.4) is 0 Å². The molecular weight excluding hydrogens is 344 g/mol. The molecule has 2 aromatic carbocycles. The Hall–Kier alpha value is -2.40. The summed E-state index contributed by atoms with van der Waals surface area (Å²) >= 11 is 3.41. The number of hydrazone groups is 1. The summed E-state index contributed by atoms with van der Waals surface area (Å²) in [6.07, 6.45) is 0. The Morgan fingerprint density at radius 2 is 1.91 bits per heavy atom. The van der Waals surface area contributed by atoms with Crippen LogP contribution in [0.4, 0.5) is 5.69 Å². The number of hydrogen-bond acceptors (Lipinski definition) is 4. The third-order valence-corrected chi connectivity index (χ3v) is 3.70. The molecule has 1 aromatic heterocycles. The van der Waals surface area contributed by atoms with Crippen LogP contribution in [0.2, 0.25) is 0 Å². The molecule has 0 amide bonds. The molecule has 0 unspecified atom stereocenters. The molecule has 0 saturated carbocycles. The van der Waals surface area contributed by atoms with Gasteiger partial charge in [-0.05, 0) is 43.3 Å². The van der Waals surface area contributed by atoms with Gasteiger partial charge in [-0.2, -0.15) is 5.10 Å². The number of para-hydroxylation sites is 1. The largest absolute Gasteiger partial charge is 0.422 e. The molecule has 3 aromatic rings. The first-order chi connectivity index (χ1) is 10.6. The minimum absolute atomic E-state index is 0.397. The number of rotatable bonds is 3. The van der Waals surface area contributed by atoms with Gasteiger partial charge < -0.3 is 4.42 Å². The smallest absolute Gasteiger partial charge is 0.345 e. The quantitative estimate of drug-likeness (QED) is 0.430. The van der Waals surface area contributed by atoms with Crippen LogP contribution in [0, 0.1) is 0 Å². The summed E-state index contributed by atoms with van der Waals surface area (Å²) in [5.41, 5.74) is 4.95. The number of benzene rings is 2. The lowest BCUT2D eigenvalue weighted by molar-refractivity contribution is 0.559. The maximum Gasteiger partial charge on any atom is 0.345 e. The summed E-state index contributed by atoms with van der Waals surface area (Å²) in [5, 5.41) is 5.10. The molecule has 0 saturated heterocycles. The number of anilines is 1. The van der Waals surface area contributed by atoms with E-state index in [-0.39, 0.29) is 0 Å². The average Bonchev–Trinajstić information content (AvgIpc) is 2.53. The van der Waals surface area contributed by atoms with Crippen molar-refractivity contribution in [3.8, 4) is 0 Å². The van der Waals surface area contributed by atoms with Crippen LogP contribution in [-0.2, 0) is 0 Å². The number of nitrogens with one attached hydrogen (secondary N) is 1. The van der Waals surface area contributed by atoms with E-state index in [4.69, 9.17) is 4.42 Å². The Bertz CT molecular complexity index is 901. The van der Waals surface area contributed by atoms with Crippen molar-refractivity contribution in [3.05, 3.63) is 75.1 Å². The Labute approximate surface area is 135 Å². The van der Waals surface area contributed by atoms with Gasteiger partial charge in [-0.15, -0.1) is 0 Å². The first kappa shape index (κ1) is 14.5. The molecule has 1 N–H and O–H groups in total. The van der Waals surface area contributed by atoms with Gasteiger partial charge in [0, 0.05) is 9.86 Å². The number of hydrogen-bond donors (Lipinski definition) is 1. The highest BCUT2D eigenvalue weighted by atomic mass is 79.9. The van der Waals surface area contributed by atoms with Gasteiger partial charge in [-0.1, -0.05) is 34.1 Å². The van der Waals surface area contributed by atoms with Gasteiger partial charge in [-0.3, -0.25) is 5.43 Å². The second-order valence-electron chi connectivity index (χ2n) is 4.80. The fourth-order valence-electron chi connectivity index (χ4n) is 2.07. The van der Waals surface area contributed by atoms with E-state index in [9.17, 15) is 4.79 Å². The highest BCUT2D eigenvalue weighted by Gasteiger charge is 2.08. The fraction of sp³-hybridized carbons (Fsp3) is 0.0588. The molecule has 4 nitrogen and oxygen atoms in total. The van der Waals surface area contributed by atoms with E-state index >= 15 is 0 Å². The van der Waals surface area contributed by atoms with Crippen LogP contribution in [0.25, 0.3) is 11.0 Å². The molecule has 110 valence electrons. The van der Waals surface area contributed by atoms with Gasteiger partial charge in [0.05, 0.1) is 17.0 Å². The average molecular weight is 357 g/mol. The number of halogens is 1. The normalized spacial score (nSPS) is 11.6. The van der Waals surface area contributed by atoms with Crippen LogP contribution in [0.1, 0.15) is 12.5 Å². The molecule has 0 atom stereocenters. The van der Waals surface area contributed by atoms with Crippen LogP contribution >= 0.6 is 15.9 Å². The summed E-state index contributed by atoms with van der Waals surface area (Å²) in [5.74, 6) is 0. The van der Waals surface area contributed by atoms with Crippen LogP contribution < -0.4 is 11.1 Å². The lowest BCUT2D eigenvalue weighted by Gasteiger charge is -2.04. The van der Waals surface area contributed by atoms with Gasteiger partial charge >= 0.3 is 5.63 Å². The van der Waals surface area contributed by atoms with E-state index in [0.717, 1.165) is 15.5 Å². The van der Waals surface area contributed by atoms with Gasteiger partial charge in [0.1, 0.15) is 5.58 Å². The van der Waals surface area contributed by atoms with Gasteiger partial charge in [0.2, 0.25) is 0 Å². The highest BCUT2D eigenvalue weighted by Crippen LogP contribution is 2.19. The molecule has 0 aliphatic rings. The maximum atomic E-state index is 12.1. The zero-order valence-corrected chi connectivity index (χ0v) is 13.4. The Balaban J connectivity index is 1.98. The zero-order valence-electron chi connectivity index (χ0n) is 11.8. The lowest BCUT2D eigenvalue weighted by atomic mass is 10.1. The van der Waals surface area contributed by atoms with Crippen LogP contribution in [0.15, 0.2) is 73.4 Å². The van der Waals surface area contributed by atoms with E-state index in [2.05, 4.69) is 26.5 Å². The van der Waals surface area contributed by atoms with E-state index in [1.54, 1.807) is 19.1 Å². The third-order valence-electron chi connectivity index (χ3n) is 3.21. The highest BCUT2D eigenvalue weighted by molar-refractivity contribution is 9.10. The van der Waals surface area contributed by atoms with E-state index < -0.39 is 5.63 Å². The molecule has 0 radical (unpaired) electrons. The van der Waals surface area contributed by atoms with E-state index in [0.29, 0.717) is 16.9 Å². The van der Waals surface area contributed by atoms with Crippen LogP contribution in [0.5, 0.6) is 0 Å². The Morgan fingerprint density at radius 1 is 1.14 bits per heavy atom. The molecular formula is C17H13BrN2O2. The van der Waals surface area contributed by atoms with Crippen LogP contribution in [-0.4, -0.2) is 5.71 Å². The maximum absolute atomic E-state index is 12.1. The minimum atomic E-state index is -0.397. The second kappa shape index (κ2) is 6.15. The van der Waals surface area contributed by atoms with Crippen molar-refractivity contribution in [2.45, 2.75) is 6.92 Å². The molecule has 0 aliphatic heterocycles. The molecule has 0 aliphatic carbocycles. The van der Waals surface area contributed by atoms with Crippen molar-refractivity contribution in [1.29, 1.82) is 0 Å². The molecule has 0 bridgehead atoms. The molecule has 5 heteroatoms. The first-order valence-corrected chi connectivity index (χ1v) is 7.52. The predicted molar refractivity (Wildman–Crippen MR) is 92.5 cm³/mol. The van der Waals surface area contributed by atoms with Gasteiger partial charge in [-0.25, -0.2) is 4.79 Å². The van der Waals surface area contributed by atoms with Crippen molar-refractivity contribution in [2.24, 2.45) is 5.10 Å². The summed E-state index contributed by atoms with van der Waals surface area (Å²) in [6, 6.07) is 16.8. The summed E-state index contributed by atoms with van der Waals surface area (Å²) in [6.45, 7) is 1.77. The van der Waals surface area contributed by atoms with Crippen molar-refractivity contribution in [2.75, 3.05) is 5.43 Å². The number of nitrogens with zero attached hydrogens (tertiary/aromatic N) is 1. The third kappa shape index (κ3) is 3.09. The minimum Gasteiger partial charge on any atom is -0.422 e. The molecule has 0 spiro atoms. The fourth-order valence-corrected chi connectivity index (χ4v) is 2.45. The van der Waals surface area contributed by atoms with E-state index in [1.807, 2.05) is 42.5 Å². The molecule has 3 rings (SSSR count). The first-order valence-electron chi connectivity index (χ1n) is 6.72. The zero-order chi connectivity index (χ0) is 15.5. The van der Waals surface area contributed by atoms with Crippen molar-refractivity contribution < 1.29 is 4.42 Å². The summed E-state index contributed by atoms with van der Waals surface area (Å²) in [7, 11) is 0. The van der Waals surface area contributed by atoms with Gasteiger partial charge in [0.25, 0.3) is 0 Å².